The van der Waals surface area contributed by atoms with Gasteiger partial charge in [0.05, 0.1) is 5.75 Å². The van der Waals surface area contributed by atoms with Gasteiger partial charge in [-0.2, -0.15) is 0 Å². The van der Waals surface area contributed by atoms with E-state index in [4.69, 9.17) is 0 Å². The number of hydrogen-bond donors (Lipinski definition) is 2. The lowest BCUT2D eigenvalue weighted by Crippen LogP contribution is -2.30. The number of carbonyl (C=O) groups excluding carboxylic acids is 1. The average Bonchev–Trinajstić information content (AvgIpc) is 2.51. The zero-order valence-corrected chi connectivity index (χ0v) is 14.6. The Morgan fingerprint density at radius 1 is 1.27 bits per heavy atom. The fraction of sp³-hybridized carbons (Fsp3) is 0.500. The van der Waals surface area contributed by atoms with Crippen molar-refractivity contribution in [3.05, 3.63) is 41.5 Å². The molecule has 1 amide bonds. The molecule has 1 aromatic rings. The second-order valence-corrected chi connectivity index (χ2v) is 7.71. The van der Waals surface area contributed by atoms with Crippen molar-refractivity contribution in [2.45, 2.75) is 37.5 Å². The highest BCUT2D eigenvalue weighted by molar-refractivity contribution is 8.00. The molecule has 1 heterocycles. The van der Waals surface area contributed by atoms with E-state index in [0.717, 1.165) is 24.4 Å². The highest BCUT2D eigenvalue weighted by Gasteiger charge is 2.13. The Labute approximate surface area is 137 Å². The van der Waals surface area contributed by atoms with Gasteiger partial charge >= 0.3 is 0 Å². The molecule has 0 fully saturated rings. The molecule has 1 aromatic carbocycles. The highest BCUT2D eigenvalue weighted by Crippen LogP contribution is 2.25. The first-order valence-electron chi connectivity index (χ1n) is 7.84. The molecule has 0 aromatic heterocycles. The molecule has 0 atom stereocenters. The van der Waals surface area contributed by atoms with Crippen LogP contribution in [0.3, 0.4) is 0 Å². The van der Waals surface area contributed by atoms with Gasteiger partial charge in [0, 0.05) is 18.0 Å². The lowest BCUT2D eigenvalue weighted by atomic mass is 9.87. The third-order valence-electron chi connectivity index (χ3n) is 3.76. The van der Waals surface area contributed by atoms with E-state index in [-0.39, 0.29) is 11.3 Å². The maximum Gasteiger partial charge on any atom is 0.230 e. The minimum absolute atomic E-state index is 0.101. The molecule has 120 valence electrons. The van der Waals surface area contributed by atoms with Crippen LogP contribution in [0.1, 0.15) is 32.8 Å². The number of rotatable bonds is 5. The summed E-state index contributed by atoms with van der Waals surface area (Å²) in [5, 5.41) is 6.27. The topological polar surface area (TPSA) is 41.1 Å². The maximum absolute atomic E-state index is 11.9. The molecule has 0 spiro atoms. The van der Waals surface area contributed by atoms with Crippen LogP contribution in [0.2, 0.25) is 0 Å². The third kappa shape index (κ3) is 5.50. The fourth-order valence-electron chi connectivity index (χ4n) is 2.29. The van der Waals surface area contributed by atoms with Crippen molar-refractivity contribution in [1.29, 1.82) is 0 Å². The van der Waals surface area contributed by atoms with Crippen molar-refractivity contribution in [3.8, 4) is 0 Å². The number of benzene rings is 1. The van der Waals surface area contributed by atoms with Gasteiger partial charge in [-0.05, 0) is 36.1 Å². The summed E-state index contributed by atoms with van der Waals surface area (Å²) in [6.45, 7) is 9.23. The van der Waals surface area contributed by atoms with E-state index in [1.165, 1.54) is 11.1 Å². The lowest BCUT2D eigenvalue weighted by Gasteiger charge is -2.19. The van der Waals surface area contributed by atoms with Gasteiger partial charge < -0.3 is 10.6 Å². The molecule has 22 heavy (non-hydrogen) atoms. The SMILES string of the molecule is CC(C)(C)c1ccc(SCC(=O)NCC2=CCNCC2)cc1. The van der Waals surface area contributed by atoms with Crippen molar-refractivity contribution >= 4 is 17.7 Å². The Balaban J connectivity index is 1.75. The van der Waals surface area contributed by atoms with E-state index in [1.807, 2.05) is 0 Å². The van der Waals surface area contributed by atoms with Gasteiger partial charge in [-0.15, -0.1) is 11.8 Å². The molecule has 0 unspecified atom stereocenters. The molecule has 1 aliphatic rings. The van der Waals surface area contributed by atoms with Crippen LogP contribution in [0, 0.1) is 0 Å². The van der Waals surface area contributed by atoms with E-state index in [9.17, 15) is 4.79 Å². The molecule has 3 nitrogen and oxygen atoms in total. The lowest BCUT2D eigenvalue weighted by molar-refractivity contribution is -0.118. The number of amides is 1. The number of hydrogen-bond acceptors (Lipinski definition) is 3. The molecular formula is C18H26N2OS. The van der Waals surface area contributed by atoms with Gasteiger partial charge in [-0.3, -0.25) is 4.79 Å². The molecule has 4 heteroatoms. The summed E-state index contributed by atoms with van der Waals surface area (Å²) >= 11 is 1.59. The van der Waals surface area contributed by atoms with Crippen molar-refractivity contribution in [3.63, 3.8) is 0 Å². The van der Waals surface area contributed by atoms with Crippen LogP contribution in [0.15, 0.2) is 40.8 Å². The third-order valence-corrected chi connectivity index (χ3v) is 4.77. The van der Waals surface area contributed by atoms with E-state index < -0.39 is 0 Å². The Morgan fingerprint density at radius 3 is 2.59 bits per heavy atom. The number of carbonyl (C=O) groups is 1. The minimum Gasteiger partial charge on any atom is -0.352 e. The number of nitrogens with one attached hydrogen (secondary N) is 2. The molecule has 0 saturated carbocycles. The van der Waals surface area contributed by atoms with Crippen molar-refractivity contribution in [2.75, 3.05) is 25.4 Å². The van der Waals surface area contributed by atoms with Crippen LogP contribution >= 0.6 is 11.8 Å². The Bertz CT molecular complexity index is 529. The van der Waals surface area contributed by atoms with Gasteiger partial charge in [0.25, 0.3) is 0 Å². The van der Waals surface area contributed by atoms with Gasteiger partial charge in [0.2, 0.25) is 5.91 Å². The summed E-state index contributed by atoms with van der Waals surface area (Å²) in [5.41, 5.74) is 2.81. The van der Waals surface area contributed by atoms with Gasteiger partial charge in [-0.25, -0.2) is 0 Å². The molecule has 2 N–H and O–H groups in total. The first-order chi connectivity index (χ1) is 10.4. The smallest absolute Gasteiger partial charge is 0.230 e. The van der Waals surface area contributed by atoms with Crippen molar-refractivity contribution in [2.24, 2.45) is 0 Å². The van der Waals surface area contributed by atoms with Crippen LogP contribution in [0.4, 0.5) is 0 Å². The first kappa shape index (κ1) is 17.1. The zero-order valence-electron chi connectivity index (χ0n) is 13.7. The van der Waals surface area contributed by atoms with Crippen LogP contribution < -0.4 is 10.6 Å². The summed E-state index contributed by atoms with van der Waals surface area (Å²) in [7, 11) is 0. The molecule has 0 aliphatic carbocycles. The second-order valence-electron chi connectivity index (χ2n) is 6.66. The van der Waals surface area contributed by atoms with Crippen molar-refractivity contribution in [1.82, 2.24) is 10.6 Å². The Hall–Kier alpha value is -1.26. The summed E-state index contributed by atoms with van der Waals surface area (Å²) in [5.74, 6) is 0.574. The maximum atomic E-state index is 11.9. The standard InChI is InChI=1S/C18H26N2OS/c1-18(2,3)15-4-6-16(7-5-15)22-13-17(21)20-12-14-8-10-19-11-9-14/h4-8,19H,9-13H2,1-3H3,(H,20,21). The summed E-state index contributed by atoms with van der Waals surface area (Å²) in [4.78, 5) is 13.1. The van der Waals surface area contributed by atoms with Crippen LogP contribution in [0.5, 0.6) is 0 Å². The zero-order chi connectivity index (χ0) is 16.0. The predicted octanol–water partition coefficient (Wildman–Crippen LogP) is 3.11. The summed E-state index contributed by atoms with van der Waals surface area (Å²) in [6.07, 6.45) is 3.20. The molecular weight excluding hydrogens is 292 g/mol. The quantitative estimate of drug-likeness (QED) is 0.647. The van der Waals surface area contributed by atoms with Gasteiger partial charge in [0.15, 0.2) is 0 Å². The minimum atomic E-state index is 0.101. The van der Waals surface area contributed by atoms with Crippen molar-refractivity contribution < 1.29 is 4.79 Å². The van der Waals surface area contributed by atoms with Crippen LogP contribution in [0.25, 0.3) is 0 Å². The normalized spacial score (nSPS) is 15.3. The van der Waals surface area contributed by atoms with Gasteiger partial charge in [0.1, 0.15) is 0 Å². The summed E-state index contributed by atoms with van der Waals surface area (Å²) < 4.78 is 0. The van der Waals surface area contributed by atoms with E-state index >= 15 is 0 Å². The Kier molecular flexibility index (Phi) is 6.09. The largest absolute Gasteiger partial charge is 0.352 e. The van der Waals surface area contributed by atoms with E-state index in [1.54, 1.807) is 11.8 Å². The highest BCUT2D eigenvalue weighted by atomic mass is 32.2. The molecule has 0 radical (unpaired) electrons. The molecule has 0 saturated heterocycles. The summed E-state index contributed by atoms with van der Waals surface area (Å²) in [6, 6.07) is 8.52. The Morgan fingerprint density at radius 2 is 2.00 bits per heavy atom. The second kappa shape index (κ2) is 7.84. The molecule has 0 bridgehead atoms. The average molecular weight is 318 g/mol. The molecule has 2 rings (SSSR count). The van der Waals surface area contributed by atoms with E-state index in [0.29, 0.717) is 12.3 Å². The van der Waals surface area contributed by atoms with Crippen LogP contribution in [-0.2, 0) is 10.2 Å². The van der Waals surface area contributed by atoms with Crippen LogP contribution in [-0.4, -0.2) is 31.3 Å². The number of thioether (sulfide) groups is 1. The van der Waals surface area contributed by atoms with Gasteiger partial charge in [-0.1, -0.05) is 44.6 Å². The fourth-order valence-corrected chi connectivity index (χ4v) is 3.02. The van der Waals surface area contributed by atoms with E-state index in [2.05, 4.69) is 61.7 Å². The molecule has 1 aliphatic heterocycles. The predicted molar refractivity (Wildman–Crippen MR) is 94.4 cm³/mol. The monoisotopic (exact) mass is 318 g/mol. The first-order valence-corrected chi connectivity index (χ1v) is 8.82.